The number of aliphatic hydroxyl groups is 2. The van der Waals surface area contributed by atoms with E-state index in [1.165, 1.54) is 50.7 Å². The van der Waals surface area contributed by atoms with Crippen molar-refractivity contribution in [2.45, 2.75) is 161 Å². The Balaban J connectivity index is 1.25. The number of nitro benzene ring substituents is 1. The van der Waals surface area contributed by atoms with Gasteiger partial charge in [-0.15, -0.1) is 6.58 Å². The Hall–Kier alpha value is -6.42. The number of benzene rings is 4. The van der Waals surface area contributed by atoms with Gasteiger partial charge < -0.3 is 43.5 Å². The summed E-state index contributed by atoms with van der Waals surface area (Å²) in [5, 5.41) is 36.8. The lowest BCUT2D eigenvalue weighted by molar-refractivity contribution is -0.384. The van der Waals surface area contributed by atoms with Crippen molar-refractivity contribution in [2.24, 2.45) is 22.9 Å². The number of amides is 1. The molecule has 420 valence electrons. The number of ether oxygens (including phenoxy) is 6. The van der Waals surface area contributed by atoms with Crippen molar-refractivity contribution in [1.82, 2.24) is 4.90 Å². The van der Waals surface area contributed by atoms with Crippen molar-refractivity contribution in [3.8, 4) is 28.7 Å². The fourth-order valence-electron chi connectivity index (χ4n) is 11.9. The van der Waals surface area contributed by atoms with E-state index in [1.807, 2.05) is 48.5 Å². The molecule has 0 aromatic heterocycles. The van der Waals surface area contributed by atoms with Crippen LogP contribution in [0.4, 0.5) is 10.5 Å². The van der Waals surface area contributed by atoms with Crippen molar-refractivity contribution < 1.29 is 53.2 Å². The van der Waals surface area contributed by atoms with Gasteiger partial charge in [-0.1, -0.05) is 107 Å². The molecule has 1 saturated carbocycles. The molecule has 2 N–H and O–H groups in total. The Bertz CT molecular complexity index is 2690. The smallest absolute Gasteiger partial charge is 0.410 e. The van der Waals surface area contributed by atoms with E-state index in [1.54, 1.807) is 23.1 Å². The second-order valence-corrected chi connectivity index (χ2v) is 21.4. The second kappa shape index (κ2) is 28.5. The van der Waals surface area contributed by atoms with Crippen molar-refractivity contribution >= 4 is 17.5 Å². The van der Waals surface area contributed by atoms with Crippen LogP contribution >= 0.6 is 0 Å². The molecule has 0 spiro atoms. The summed E-state index contributed by atoms with van der Waals surface area (Å²) in [6.07, 6.45) is 19.3. The molecule has 2 aliphatic heterocycles. The summed E-state index contributed by atoms with van der Waals surface area (Å²) in [7, 11) is 0. The lowest BCUT2D eigenvalue weighted by atomic mass is 9.55. The number of oxime groups is 1. The molecule has 8 rings (SSSR count). The third-order valence-electron chi connectivity index (χ3n) is 16.0. The maximum absolute atomic E-state index is 15.3. The zero-order valence-corrected chi connectivity index (χ0v) is 46.0. The van der Waals surface area contributed by atoms with E-state index in [-0.39, 0.29) is 76.2 Å². The number of non-ortho nitro benzene ring substituents is 1. The van der Waals surface area contributed by atoms with Crippen LogP contribution in [-0.2, 0) is 27.5 Å². The predicted molar refractivity (Wildman–Crippen MR) is 300 cm³/mol. The van der Waals surface area contributed by atoms with Crippen LogP contribution in [0.5, 0.6) is 28.7 Å². The van der Waals surface area contributed by atoms with E-state index in [0.29, 0.717) is 59.3 Å². The summed E-state index contributed by atoms with van der Waals surface area (Å²) in [6.45, 7) is 11.1. The van der Waals surface area contributed by atoms with Gasteiger partial charge in [-0.3, -0.25) is 15.0 Å². The number of allylic oxidation sites excluding steroid dienone is 1. The SMILES string of the molecule is C=CCO[C@@]12Oc3ccc(Oc4ccc(C)c(C)c4)cc3[C@H]3[C@H](CCCCO)[C@@H](CCCCO)C=C(C(=NOCc4ccc([N+](=O)[O-])cc4)C[C@@H]1N(Cc1ccc4c(c1)OCO4)C(=O)OCCCCCCCCCCCC)[C@H]32. The number of hydrogen-bond acceptors (Lipinski definition) is 13. The molecule has 1 fully saturated rings. The lowest BCUT2D eigenvalue weighted by Gasteiger charge is -2.59. The number of rotatable bonds is 31. The Morgan fingerprint density at radius 2 is 1.49 bits per heavy atom. The van der Waals surface area contributed by atoms with Crippen molar-refractivity contribution in [3.05, 3.63) is 141 Å². The summed E-state index contributed by atoms with van der Waals surface area (Å²) in [5.74, 6) is 0.638. The maximum atomic E-state index is 15.3. The summed E-state index contributed by atoms with van der Waals surface area (Å²) < 4.78 is 39.4. The third kappa shape index (κ3) is 14.2. The molecular weight excluding hydrogens is 991 g/mol. The number of nitrogens with zero attached hydrogens (tertiary/aromatic N) is 3. The number of nitro groups is 1. The Morgan fingerprint density at radius 3 is 2.21 bits per heavy atom. The number of carbonyl (C=O) groups excluding carboxylic acids is 1. The van der Waals surface area contributed by atoms with Crippen LogP contribution in [0.25, 0.3) is 0 Å². The first-order chi connectivity index (χ1) is 38.1. The molecular formula is C63H81N3O12. The zero-order valence-electron chi connectivity index (χ0n) is 46.0. The molecule has 2 aliphatic carbocycles. The van der Waals surface area contributed by atoms with Gasteiger partial charge in [0, 0.05) is 49.8 Å². The summed E-state index contributed by atoms with van der Waals surface area (Å²) in [4.78, 5) is 34.5. The van der Waals surface area contributed by atoms with Gasteiger partial charge in [0.2, 0.25) is 12.6 Å². The van der Waals surface area contributed by atoms with E-state index in [4.69, 9.17) is 38.4 Å². The molecule has 0 saturated heterocycles. The zero-order chi connectivity index (χ0) is 54.9. The molecule has 0 radical (unpaired) electrons. The van der Waals surface area contributed by atoms with Gasteiger partial charge in [0.25, 0.3) is 5.69 Å². The number of aryl methyl sites for hydroxylation is 2. The molecule has 6 atom stereocenters. The highest BCUT2D eigenvalue weighted by Crippen LogP contribution is 2.62. The van der Waals surface area contributed by atoms with E-state index in [9.17, 15) is 20.3 Å². The monoisotopic (exact) mass is 1070 g/mol. The first-order valence-corrected chi connectivity index (χ1v) is 28.6. The Kier molecular flexibility index (Phi) is 21.1. The fraction of sp³-hybridized carbons (Fsp3) is 0.524. The molecule has 0 unspecified atom stereocenters. The van der Waals surface area contributed by atoms with Gasteiger partial charge >= 0.3 is 6.09 Å². The first kappa shape index (κ1) is 57.7. The summed E-state index contributed by atoms with van der Waals surface area (Å²) >= 11 is 0. The van der Waals surface area contributed by atoms with Gasteiger partial charge in [-0.2, -0.15) is 0 Å². The number of aliphatic hydroxyl groups excluding tert-OH is 2. The van der Waals surface area contributed by atoms with Crippen LogP contribution < -0.4 is 18.9 Å². The molecule has 15 nitrogen and oxygen atoms in total. The maximum Gasteiger partial charge on any atom is 0.410 e. The minimum Gasteiger partial charge on any atom is -0.459 e. The van der Waals surface area contributed by atoms with Crippen LogP contribution in [0.1, 0.15) is 150 Å². The van der Waals surface area contributed by atoms with Crippen LogP contribution in [-0.4, -0.2) is 76.9 Å². The molecule has 4 aromatic rings. The molecule has 2 heterocycles. The minimum atomic E-state index is -1.55. The first-order valence-electron chi connectivity index (χ1n) is 28.6. The third-order valence-corrected chi connectivity index (χ3v) is 16.0. The highest BCUT2D eigenvalue weighted by Gasteiger charge is 2.66. The molecule has 1 amide bonds. The van der Waals surface area contributed by atoms with E-state index >= 15 is 4.79 Å². The van der Waals surface area contributed by atoms with Crippen LogP contribution in [0.2, 0.25) is 0 Å². The largest absolute Gasteiger partial charge is 0.459 e. The Morgan fingerprint density at radius 1 is 0.808 bits per heavy atom. The van der Waals surface area contributed by atoms with Gasteiger partial charge in [0.15, 0.2) is 11.5 Å². The average molecular weight is 1070 g/mol. The minimum absolute atomic E-state index is 0.00829. The van der Waals surface area contributed by atoms with Crippen molar-refractivity contribution in [1.29, 1.82) is 0 Å². The van der Waals surface area contributed by atoms with Crippen LogP contribution in [0.3, 0.4) is 0 Å². The lowest BCUT2D eigenvalue weighted by Crippen LogP contribution is -2.70. The van der Waals surface area contributed by atoms with Crippen molar-refractivity contribution in [2.75, 3.05) is 33.2 Å². The predicted octanol–water partition coefficient (Wildman–Crippen LogP) is 14.1. The number of carbonyl (C=O) groups is 1. The average Bonchev–Trinajstić information content (AvgIpc) is 3.07. The van der Waals surface area contributed by atoms with E-state index in [2.05, 4.69) is 39.5 Å². The van der Waals surface area contributed by atoms with Gasteiger partial charge in [-0.25, -0.2) is 4.79 Å². The van der Waals surface area contributed by atoms with Gasteiger partial charge in [-0.05, 0) is 140 Å². The van der Waals surface area contributed by atoms with E-state index < -0.39 is 28.8 Å². The fourth-order valence-corrected chi connectivity index (χ4v) is 11.9. The molecule has 4 aliphatic rings. The van der Waals surface area contributed by atoms with Crippen LogP contribution in [0.15, 0.2) is 108 Å². The second-order valence-electron chi connectivity index (χ2n) is 21.4. The van der Waals surface area contributed by atoms with Crippen LogP contribution in [0, 0.1) is 41.7 Å². The summed E-state index contributed by atoms with van der Waals surface area (Å²) in [6, 6.07) is 23.0. The molecule has 0 bridgehead atoms. The topological polar surface area (TPSA) is 181 Å². The van der Waals surface area contributed by atoms with Gasteiger partial charge in [0.1, 0.15) is 29.9 Å². The van der Waals surface area contributed by atoms with E-state index in [0.717, 1.165) is 72.8 Å². The summed E-state index contributed by atoms with van der Waals surface area (Å²) in [5.41, 5.74) is 6.09. The quantitative estimate of drug-likeness (QED) is 0.0211. The standard InChI is InChI=1S/C63H81N3O12/c1-5-7-8-9-10-11-12-13-14-19-35-72-62(69)65(41-47-25-30-57-58(37-47)74-43-73-57)59-40-55(64-76-42-46-23-26-49(27-24-46)66(70)71)53-38-48(20-15-17-32-67)52(21-16-18-33-68)60-54-39-51(77-50-28-22-44(3)45(4)36-50)29-31-56(54)78-63(59,61(53)60)75-34-6-2/h6,22-31,36-39,48,52,59-61,67-68H,2,5,7-21,32-35,40-43H2,1,3-4H3/t48-,52+,59-,60+,61+,63+/m0/s1. The normalized spacial score (nSPS) is 21.2. The molecule has 4 aromatic carbocycles. The molecule has 78 heavy (non-hydrogen) atoms. The van der Waals surface area contributed by atoms with Gasteiger partial charge in [0.05, 0.1) is 29.8 Å². The number of unbranched alkanes of at least 4 members (excludes halogenated alkanes) is 11. The number of fused-ring (bicyclic) bond motifs is 3. The molecule has 15 heteroatoms. The Labute approximate surface area is 460 Å². The van der Waals surface area contributed by atoms with Crippen molar-refractivity contribution in [3.63, 3.8) is 0 Å². The highest BCUT2D eigenvalue weighted by molar-refractivity contribution is 6.03. The highest BCUT2D eigenvalue weighted by atomic mass is 16.7. The number of hydrogen-bond donors (Lipinski definition) is 2.